The molecule has 0 bridgehead atoms. The lowest BCUT2D eigenvalue weighted by Gasteiger charge is -2.47. The average Bonchev–Trinajstić information content (AvgIpc) is 2.40. The number of rotatable bonds is 5. The minimum atomic E-state index is -1.32. The summed E-state index contributed by atoms with van der Waals surface area (Å²) >= 11 is 0. The van der Waals surface area contributed by atoms with Crippen LogP contribution in [0.2, 0.25) is 0 Å². The van der Waals surface area contributed by atoms with Crippen LogP contribution in [-0.4, -0.2) is 46.9 Å². The number of nitrogens with zero attached hydrogens (tertiary/aromatic N) is 1. The largest absolute Gasteiger partial charge is 0.479 e. The van der Waals surface area contributed by atoms with E-state index in [1.807, 2.05) is 30.3 Å². The second-order valence-corrected chi connectivity index (χ2v) is 5.33. The molecular weight excluding hydrogens is 274 g/mol. The van der Waals surface area contributed by atoms with Crippen LogP contribution in [0.1, 0.15) is 19.4 Å². The fourth-order valence-electron chi connectivity index (χ4n) is 2.33. The molecule has 0 aliphatic carbocycles. The van der Waals surface area contributed by atoms with Crippen molar-refractivity contribution in [2.75, 3.05) is 13.2 Å². The normalized spacial score (nSPS) is 16.1. The number of ether oxygens (including phenoxy) is 2. The number of carboxylic acids is 1. The summed E-state index contributed by atoms with van der Waals surface area (Å²) in [5.41, 5.74) is -0.467. The van der Waals surface area contributed by atoms with E-state index in [9.17, 15) is 14.7 Å². The molecule has 0 aromatic heterocycles. The molecule has 1 saturated heterocycles. The van der Waals surface area contributed by atoms with Gasteiger partial charge in [-0.2, -0.15) is 0 Å². The number of carboxylic acid groups (broad SMARTS) is 1. The molecule has 2 rings (SSSR count). The summed E-state index contributed by atoms with van der Waals surface area (Å²) in [6.07, 6.45) is -0.639. The van der Waals surface area contributed by atoms with E-state index in [-0.39, 0.29) is 25.9 Å². The first kappa shape index (κ1) is 15.3. The predicted molar refractivity (Wildman–Crippen MR) is 74.8 cm³/mol. The molecule has 1 N–H and O–H groups in total. The number of aliphatic carboxylic acids is 1. The van der Waals surface area contributed by atoms with E-state index in [0.29, 0.717) is 0 Å². The Kier molecular flexibility index (Phi) is 4.47. The zero-order valence-corrected chi connectivity index (χ0v) is 12.1. The summed E-state index contributed by atoms with van der Waals surface area (Å²) in [5, 5.41) is 9.41. The quantitative estimate of drug-likeness (QED) is 0.897. The maximum Gasteiger partial charge on any atom is 0.411 e. The Labute approximate surface area is 123 Å². The topological polar surface area (TPSA) is 76.1 Å². The summed E-state index contributed by atoms with van der Waals surface area (Å²) in [7, 11) is 0. The minimum Gasteiger partial charge on any atom is -0.479 e. The lowest BCUT2D eigenvalue weighted by Crippen LogP contribution is -2.70. The van der Waals surface area contributed by atoms with E-state index in [0.717, 1.165) is 5.56 Å². The molecule has 0 unspecified atom stereocenters. The third-order valence-electron chi connectivity index (χ3n) is 3.46. The zero-order valence-electron chi connectivity index (χ0n) is 12.1. The smallest absolute Gasteiger partial charge is 0.411 e. The van der Waals surface area contributed by atoms with Crippen LogP contribution in [-0.2, 0) is 20.9 Å². The van der Waals surface area contributed by atoms with Crippen LogP contribution in [0, 0.1) is 0 Å². The summed E-state index contributed by atoms with van der Waals surface area (Å²) in [6, 6.07) is 8.95. The highest BCUT2D eigenvalue weighted by atomic mass is 16.6. The van der Waals surface area contributed by atoms with Crippen LogP contribution in [0.5, 0.6) is 0 Å². The summed E-state index contributed by atoms with van der Waals surface area (Å²) < 4.78 is 10.3. The molecule has 1 heterocycles. The molecule has 1 aromatic carbocycles. The van der Waals surface area contributed by atoms with Gasteiger partial charge in [-0.15, -0.1) is 0 Å². The Hall–Kier alpha value is -2.08. The maximum absolute atomic E-state index is 12.3. The van der Waals surface area contributed by atoms with Gasteiger partial charge in [0.15, 0.2) is 5.54 Å². The van der Waals surface area contributed by atoms with Gasteiger partial charge in [0.05, 0.1) is 13.2 Å². The van der Waals surface area contributed by atoms with Crippen molar-refractivity contribution < 1.29 is 24.2 Å². The molecule has 1 fully saturated rings. The van der Waals surface area contributed by atoms with Crippen molar-refractivity contribution in [3.05, 3.63) is 35.9 Å². The molecule has 21 heavy (non-hydrogen) atoms. The SMILES string of the molecule is CC(C)N(C(=O)OCc1ccccc1)C1(C(=O)O)COC1. The maximum atomic E-state index is 12.3. The number of hydrogen-bond donors (Lipinski definition) is 1. The predicted octanol–water partition coefficient (Wildman–Crippen LogP) is 1.89. The fraction of sp³-hybridized carbons (Fsp3) is 0.467. The summed E-state index contributed by atoms with van der Waals surface area (Å²) in [4.78, 5) is 25.0. The molecule has 0 radical (unpaired) electrons. The molecule has 1 aliphatic rings. The van der Waals surface area contributed by atoms with Gasteiger partial charge in [-0.3, -0.25) is 4.90 Å². The van der Waals surface area contributed by atoms with E-state index in [1.54, 1.807) is 13.8 Å². The number of amides is 1. The van der Waals surface area contributed by atoms with Gasteiger partial charge >= 0.3 is 12.1 Å². The van der Waals surface area contributed by atoms with Gasteiger partial charge in [-0.25, -0.2) is 9.59 Å². The standard InChI is InChI=1S/C15H19NO5/c1-11(2)16(15(13(17)18)9-20-10-15)14(19)21-8-12-6-4-3-5-7-12/h3-7,11H,8-10H2,1-2H3,(H,17,18). The van der Waals surface area contributed by atoms with Crippen molar-refractivity contribution in [3.8, 4) is 0 Å². The molecule has 1 amide bonds. The Morgan fingerprint density at radius 1 is 1.33 bits per heavy atom. The average molecular weight is 293 g/mol. The zero-order chi connectivity index (χ0) is 15.5. The molecule has 6 nitrogen and oxygen atoms in total. The Balaban J connectivity index is 2.08. The molecule has 0 atom stereocenters. The minimum absolute atomic E-state index is 0.0129. The van der Waals surface area contributed by atoms with Crippen molar-refractivity contribution in [1.29, 1.82) is 0 Å². The van der Waals surface area contributed by atoms with Gasteiger partial charge in [-0.1, -0.05) is 30.3 Å². The van der Waals surface area contributed by atoms with Gasteiger partial charge in [0.2, 0.25) is 0 Å². The first-order valence-electron chi connectivity index (χ1n) is 6.78. The molecule has 0 spiro atoms. The first-order valence-corrected chi connectivity index (χ1v) is 6.78. The highest BCUT2D eigenvalue weighted by molar-refractivity contribution is 5.86. The second kappa shape index (κ2) is 6.13. The molecule has 1 aromatic rings. The molecule has 0 saturated carbocycles. The van der Waals surface area contributed by atoms with Gasteiger partial charge in [0.25, 0.3) is 0 Å². The van der Waals surface area contributed by atoms with Crippen molar-refractivity contribution in [2.24, 2.45) is 0 Å². The number of carbonyl (C=O) groups is 2. The molecule has 114 valence electrons. The lowest BCUT2D eigenvalue weighted by atomic mass is 9.94. The summed E-state index contributed by atoms with van der Waals surface area (Å²) in [5.74, 6) is -1.07. The van der Waals surface area contributed by atoms with Crippen LogP contribution in [0.25, 0.3) is 0 Å². The fourth-order valence-corrected chi connectivity index (χ4v) is 2.33. The van der Waals surface area contributed by atoms with Gasteiger partial charge < -0.3 is 14.6 Å². The van der Waals surface area contributed by atoms with Gasteiger partial charge in [0, 0.05) is 6.04 Å². The molecule has 1 aliphatic heterocycles. The highest BCUT2D eigenvalue weighted by Crippen LogP contribution is 2.28. The van der Waals surface area contributed by atoms with Crippen LogP contribution in [0.4, 0.5) is 4.79 Å². The van der Waals surface area contributed by atoms with E-state index < -0.39 is 17.6 Å². The van der Waals surface area contributed by atoms with E-state index in [4.69, 9.17) is 9.47 Å². The molecular formula is C15H19NO5. The summed E-state index contributed by atoms with van der Waals surface area (Å²) in [6.45, 7) is 3.60. The third kappa shape index (κ3) is 3.00. The Morgan fingerprint density at radius 2 is 1.95 bits per heavy atom. The van der Waals surface area contributed by atoms with Crippen LogP contribution >= 0.6 is 0 Å². The van der Waals surface area contributed by atoms with Crippen molar-refractivity contribution in [2.45, 2.75) is 32.0 Å². The van der Waals surface area contributed by atoms with Crippen molar-refractivity contribution in [1.82, 2.24) is 4.90 Å². The van der Waals surface area contributed by atoms with Crippen molar-refractivity contribution in [3.63, 3.8) is 0 Å². The first-order chi connectivity index (χ1) is 9.97. The van der Waals surface area contributed by atoms with E-state index in [2.05, 4.69) is 0 Å². The van der Waals surface area contributed by atoms with Gasteiger partial charge in [0.1, 0.15) is 6.61 Å². The van der Waals surface area contributed by atoms with E-state index in [1.165, 1.54) is 4.90 Å². The number of hydrogen-bond acceptors (Lipinski definition) is 4. The third-order valence-corrected chi connectivity index (χ3v) is 3.46. The monoisotopic (exact) mass is 293 g/mol. The highest BCUT2D eigenvalue weighted by Gasteiger charge is 2.55. The van der Waals surface area contributed by atoms with Crippen LogP contribution in [0.3, 0.4) is 0 Å². The lowest BCUT2D eigenvalue weighted by molar-refractivity contribution is -0.186. The Morgan fingerprint density at radius 3 is 2.38 bits per heavy atom. The van der Waals surface area contributed by atoms with Crippen molar-refractivity contribution >= 4 is 12.1 Å². The Bertz CT molecular complexity index is 510. The van der Waals surface area contributed by atoms with Gasteiger partial charge in [-0.05, 0) is 19.4 Å². The van der Waals surface area contributed by atoms with Crippen LogP contribution < -0.4 is 0 Å². The molecule has 6 heteroatoms. The van der Waals surface area contributed by atoms with E-state index >= 15 is 0 Å². The number of carbonyl (C=O) groups excluding carboxylic acids is 1. The number of benzene rings is 1. The second-order valence-electron chi connectivity index (χ2n) is 5.33. The van der Waals surface area contributed by atoms with Crippen LogP contribution in [0.15, 0.2) is 30.3 Å².